The van der Waals surface area contributed by atoms with Crippen LogP contribution in [0, 0.1) is 16.7 Å². The Balaban J connectivity index is 2.81. The summed E-state index contributed by atoms with van der Waals surface area (Å²) in [5, 5.41) is 8.90. The smallest absolute Gasteiger partial charge is 0.307 e. The van der Waals surface area contributed by atoms with Gasteiger partial charge in [-0.2, -0.15) is 0 Å². The standard InChI is InChI=1S/C9H16O2/c1-8(2)5-9(3,4)6(8)7(10)11/h6H,5H2,1-4H3,(H,10,11). The van der Waals surface area contributed by atoms with Gasteiger partial charge in [-0.05, 0) is 17.3 Å². The molecule has 0 atom stereocenters. The quantitative estimate of drug-likeness (QED) is 0.631. The van der Waals surface area contributed by atoms with Gasteiger partial charge in [0.2, 0.25) is 0 Å². The topological polar surface area (TPSA) is 37.3 Å². The number of hydrogen-bond acceptors (Lipinski definition) is 1. The average Bonchev–Trinajstić information content (AvgIpc) is 1.53. The number of carboxylic acid groups (broad SMARTS) is 1. The van der Waals surface area contributed by atoms with Crippen LogP contribution < -0.4 is 0 Å². The van der Waals surface area contributed by atoms with Crippen molar-refractivity contribution in [2.75, 3.05) is 0 Å². The summed E-state index contributed by atoms with van der Waals surface area (Å²) in [6, 6.07) is 0. The van der Waals surface area contributed by atoms with Gasteiger partial charge in [0.05, 0.1) is 5.92 Å². The fourth-order valence-corrected chi connectivity index (χ4v) is 2.97. The summed E-state index contributed by atoms with van der Waals surface area (Å²) in [5.74, 6) is -0.818. The van der Waals surface area contributed by atoms with Crippen LogP contribution in [0.4, 0.5) is 0 Å². The summed E-state index contributed by atoms with van der Waals surface area (Å²) in [6.07, 6.45) is 1.01. The van der Waals surface area contributed by atoms with Crippen molar-refractivity contribution >= 4 is 5.97 Å². The molecule has 0 spiro atoms. The number of aliphatic carboxylic acids is 1. The van der Waals surface area contributed by atoms with Crippen molar-refractivity contribution in [1.29, 1.82) is 0 Å². The highest BCUT2D eigenvalue weighted by Crippen LogP contribution is 2.58. The van der Waals surface area contributed by atoms with Crippen LogP contribution in [0.5, 0.6) is 0 Å². The Morgan fingerprint density at radius 3 is 1.73 bits per heavy atom. The van der Waals surface area contributed by atoms with Crippen LogP contribution in [0.2, 0.25) is 0 Å². The molecule has 0 aliphatic heterocycles. The SMILES string of the molecule is CC1(C)CC(C)(C)C1C(=O)O. The Bertz CT molecular complexity index is 178. The molecule has 1 aliphatic rings. The van der Waals surface area contributed by atoms with Crippen LogP contribution in [-0.2, 0) is 4.79 Å². The fourth-order valence-electron chi connectivity index (χ4n) is 2.97. The van der Waals surface area contributed by atoms with Gasteiger partial charge in [0.15, 0.2) is 0 Å². The molecular weight excluding hydrogens is 140 g/mol. The molecule has 2 nitrogen and oxygen atoms in total. The normalized spacial score (nSPS) is 27.6. The second-order valence-corrected chi connectivity index (χ2v) is 4.93. The molecule has 1 saturated carbocycles. The highest BCUT2D eigenvalue weighted by atomic mass is 16.4. The van der Waals surface area contributed by atoms with Crippen molar-refractivity contribution in [1.82, 2.24) is 0 Å². The fraction of sp³-hybridized carbons (Fsp3) is 0.889. The maximum absolute atomic E-state index is 10.8. The number of rotatable bonds is 1. The van der Waals surface area contributed by atoms with Gasteiger partial charge in [0.25, 0.3) is 0 Å². The molecule has 0 heterocycles. The third kappa shape index (κ3) is 1.15. The molecule has 1 N–H and O–H groups in total. The monoisotopic (exact) mass is 156 g/mol. The average molecular weight is 156 g/mol. The molecule has 1 rings (SSSR count). The molecule has 1 aliphatic carbocycles. The Hall–Kier alpha value is -0.530. The molecule has 1 fully saturated rings. The maximum Gasteiger partial charge on any atom is 0.307 e. The lowest BCUT2D eigenvalue weighted by Crippen LogP contribution is -2.54. The zero-order valence-electron chi connectivity index (χ0n) is 7.64. The lowest BCUT2D eigenvalue weighted by molar-refractivity contribution is -0.170. The van der Waals surface area contributed by atoms with Crippen molar-refractivity contribution in [3.05, 3.63) is 0 Å². The Kier molecular flexibility index (Phi) is 1.55. The summed E-state index contributed by atoms with van der Waals surface area (Å²) in [4.78, 5) is 10.8. The number of carbonyl (C=O) groups is 1. The second kappa shape index (κ2) is 1.99. The molecule has 0 saturated heterocycles. The molecule has 0 bridgehead atoms. The molecule has 0 aromatic carbocycles. The van der Waals surface area contributed by atoms with E-state index < -0.39 is 5.97 Å². The van der Waals surface area contributed by atoms with Gasteiger partial charge < -0.3 is 5.11 Å². The lowest BCUT2D eigenvalue weighted by Gasteiger charge is -2.55. The first kappa shape index (κ1) is 8.57. The van der Waals surface area contributed by atoms with Gasteiger partial charge >= 0.3 is 5.97 Å². The van der Waals surface area contributed by atoms with Crippen molar-refractivity contribution in [3.63, 3.8) is 0 Å². The predicted octanol–water partition coefficient (Wildman–Crippen LogP) is 2.14. The molecule has 0 aromatic heterocycles. The lowest BCUT2D eigenvalue weighted by atomic mass is 9.48. The molecule has 2 heteroatoms. The van der Waals surface area contributed by atoms with Crippen molar-refractivity contribution < 1.29 is 9.90 Å². The van der Waals surface area contributed by atoms with Gasteiger partial charge in [-0.3, -0.25) is 4.79 Å². The minimum atomic E-state index is -0.647. The maximum atomic E-state index is 10.8. The number of hydrogen-bond donors (Lipinski definition) is 1. The second-order valence-electron chi connectivity index (χ2n) is 4.93. The zero-order valence-corrected chi connectivity index (χ0v) is 7.64. The predicted molar refractivity (Wildman–Crippen MR) is 43.3 cm³/mol. The molecule has 0 radical (unpaired) electrons. The van der Waals surface area contributed by atoms with Gasteiger partial charge in [0.1, 0.15) is 0 Å². The zero-order chi connectivity index (χ0) is 8.86. The van der Waals surface area contributed by atoms with Crippen LogP contribution in [-0.4, -0.2) is 11.1 Å². The summed E-state index contributed by atoms with van der Waals surface area (Å²) in [6.45, 7) is 8.10. The molecular formula is C9H16O2. The van der Waals surface area contributed by atoms with E-state index in [2.05, 4.69) is 0 Å². The van der Waals surface area contributed by atoms with Crippen molar-refractivity contribution in [2.45, 2.75) is 34.1 Å². The van der Waals surface area contributed by atoms with Crippen LogP contribution in [0.15, 0.2) is 0 Å². The van der Waals surface area contributed by atoms with E-state index >= 15 is 0 Å². The molecule has 0 aromatic rings. The molecule has 11 heavy (non-hydrogen) atoms. The van der Waals surface area contributed by atoms with E-state index in [1.54, 1.807) is 0 Å². The van der Waals surface area contributed by atoms with E-state index in [4.69, 9.17) is 5.11 Å². The van der Waals surface area contributed by atoms with Crippen molar-refractivity contribution in [2.24, 2.45) is 16.7 Å². The summed E-state index contributed by atoms with van der Waals surface area (Å²) in [7, 11) is 0. The minimum absolute atomic E-state index is 0.00463. The van der Waals surface area contributed by atoms with Crippen LogP contribution >= 0.6 is 0 Å². The van der Waals surface area contributed by atoms with Gasteiger partial charge in [-0.1, -0.05) is 27.7 Å². The Morgan fingerprint density at radius 1 is 1.27 bits per heavy atom. The summed E-state index contributed by atoms with van der Waals surface area (Å²) in [5.41, 5.74) is -0.00926. The summed E-state index contributed by atoms with van der Waals surface area (Å²) >= 11 is 0. The molecule has 0 unspecified atom stereocenters. The van der Waals surface area contributed by atoms with E-state index in [-0.39, 0.29) is 16.7 Å². The van der Waals surface area contributed by atoms with E-state index in [0.717, 1.165) is 6.42 Å². The minimum Gasteiger partial charge on any atom is -0.481 e. The van der Waals surface area contributed by atoms with E-state index in [1.165, 1.54) is 0 Å². The van der Waals surface area contributed by atoms with Crippen LogP contribution in [0.3, 0.4) is 0 Å². The van der Waals surface area contributed by atoms with Crippen LogP contribution in [0.25, 0.3) is 0 Å². The first-order valence-corrected chi connectivity index (χ1v) is 4.00. The number of carboxylic acids is 1. The Morgan fingerprint density at radius 2 is 1.64 bits per heavy atom. The summed E-state index contributed by atoms with van der Waals surface area (Å²) < 4.78 is 0. The Labute approximate surface area is 67.6 Å². The third-order valence-corrected chi connectivity index (χ3v) is 2.72. The molecule has 64 valence electrons. The van der Waals surface area contributed by atoms with Crippen LogP contribution in [0.1, 0.15) is 34.1 Å². The third-order valence-electron chi connectivity index (χ3n) is 2.72. The van der Waals surface area contributed by atoms with E-state index in [0.29, 0.717) is 0 Å². The highest BCUT2D eigenvalue weighted by Gasteiger charge is 2.56. The highest BCUT2D eigenvalue weighted by molar-refractivity contribution is 5.73. The van der Waals surface area contributed by atoms with Gasteiger partial charge in [-0.25, -0.2) is 0 Å². The van der Waals surface area contributed by atoms with Gasteiger partial charge in [-0.15, -0.1) is 0 Å². The van der Waals surface area contributed by atoms with Gasteiger partial charge in [0, 0.05) is 0 Å². The van der Waals surface area contributed by atoms with E-state index in [1.807, 2.05) is 27.7 Å². The first-order chi connectivity index (χ1) is 4.77. The van der Waals surface area contributed by atoms with Crippen molar-refractivity contribution in [3.8, 4) is 0 Å². The largest absolute Gasteiger partial charge is 0.481 e. The molecule has 0 amide bonds. The first-order valence-electron chi connectivity index (χ1n) is 4.00. The van der Waals surface area contributed by atoms with E-state index in [9.17, 15) is 4.79 Å².